The maximum atomic E-state index is 11.4. The van der Waals surface area contributed by atoms with Gasteiger partial charge in [-0.05, 0) is 53.5 Å². The smallest absolute Gasteiger partial charge is 0.748 e. The number of allylic oxidation sites excluding steroid dienone is 2. The standard InChI is InChI=1S/C33H32N2O6S4.Li/c1-2-23(21-30-34(17-7-19-44(36,37)38)32-26-11-5-3-9-24(26)13-15-28(32)42-30)22-31-35(18-8-20-45(39,40)41)33-27-12-6-4-10-25(27)14-16-29(33)43-31;/h3-6,9-16,21-22H,2,7-8,17-20H2,1H3,(H-,36,37,38,39,40,41);/q;+1/p-1. The third kappa shape index (κ3) is 7.72. The van der Waals surface area contributed by atoms with Crippen molar-refractivity contribution in [2.24, 2.45) is 0 Å². The van der Waals surface area contributed by atoms with Gasteiger partial charge in [-0.25, -0.2) is 16.8 Å². The summed E-state index contributed by atoms with van der Waals surface area (Å²) in [5.41, 5.74) is 3.03. The van der Waals surface area contributed by atoms with Crippen LogP contribution in [0.4, 0.5) is 5.69 Å². The number of thiazole rings is 1. The first-order valence-electron chi connectivity index (χ1n) is 14.6. The molecule has 1 aliphatic heterocycles. The predicted octanol–water partition coefficient (Wildman–Crippen LogP) is 3.62. The van der Waals surface area contributed by atoms with Gasteiger partial charge in [0.2, 0.25) is 5.52 Å². The van der Waals surface area contributed by atoms with Crippen molar-refractivity contribution < 1.29 is 49.4 Å². The number of rotatable bonds is 11. The van der Waals surface area contributed by atoms with E-state index in [9.17, 15) is 25.9 Å². The minimum Gasteiger partial charge on any atom is -0.748 e. The molecule has 234 valence electrons. The number of hydrogen-bond acceptors (Lipinski definition) is 9. The van der Waals surface area contributed by atoms with Crippen LogP contribution >= 0.6 is 23.1 Å². The Kier molecular flexibility index (Phi) is 10.7. The minimum atomic E-state index is -4.34. The zero-order valence-electron chi connectivity index (χ0n) is 25.5. The zero-order valence-corrected chi connectivity index (χ0v) is 28.8. The topological polar surface area (TPSA) is 122 Å². The summed E-state index contributed by atoms with van der Waals surface area (Å²) in [6.45, 7) is 2.81. The van der Waals surface area contributed by atoms with E-state index in [1.165, 1.54) is 0 Å². The van der Waals surface area contributed by atoms with Gasteiger partial charge < -0.3 is 14.0 Å². The van der Waals surface area contributed by atoms with Gasteiger partial charge in [-0.3, -0.25) is 0 Å². The molecule has 0 atom stereocenters. The number of aryl methyl sites for hydroxylation is 1. The van der Waals surface area contributed by atoms with Gasteiger partial charge in [-0.15, -0.1) is 0 Å². The van der Waals surface area contributed by atoms with Crippen molar-refractivity contribution in [3.05, 3.63) is 94.5 Å². The van der Waals surface area contributed by atoms with Crippen LogP contribution in [-0.2, 0) is 26.8 Å². The average Bonchev–Trinajstić information content (AvgIpc) is 3.53. The fourth-order valence-electron chi connectivity index (χ4n) is 5.77. The van der Waals surface area contributed by atoms with Gasteiger partial charge in [0.05, 0.1) is 36.3 Å². The molecular formula is C33H31LiN2O6S4. The molecule has 0 aliphatic carbocycles. The van der Waals surface area contributed by atoms with Gasteiger partial charge in [0.25, 0.3) is 5.01 Å². The van der Waals surface area contributed by atoms with Crippen molar-refractivity contribution in [1.29, 1.82) is 0 Å². The molecule has 0 saturated heterocycles. The van der Waals surface area contributed by atoms with Gasteiger partial charge in [-0.1, -0.05) is 84.6 Å². The molecule has 2 heterocycles. The first-order chi connectivity index (χ1) is 21.5. The van der Waals surface area contributed by atoms with Gasteiger partial charge in [0, 0.05) is 40.8 Å². The third-order valence-corrected chi connectivity index (χ3v) is 11.6. The van der Waals surface area contributed by atoms with E-state index in [1.54, 1.807) is 23.1 Å². The molecule has 0 bridgehead atoms. The van der Waals surface area contributed by atoms with E-state index in [2.05, 4.69) is 64.9 Å². The number of thioether (sulfide) groups is 1. The largest absolute Gasteiger partial charge is 1.00 e. The van der Waals surface area contributed by atoms with Crippen molar-refractivity contribution >= 4 is 86.9 Å². The summed E-state index contributed by atoms with van der Waals surface area (Å²) < 4.78 is 71.8. The van der Waals surface area contributed by atoms with Crippen LogP contribution in [0.2, 0.25) is 0 Å². The molecular weight excluding hydrogens is 656 g/mol. The molecule has 0 unspecified atom stereocenters. The Labute approximate surface area is 289 Å². The summed E-state index contributed by atoms with van der Waals surface area (Å²) >= 11 is 3.23. The van der Waals surface area contributed by atoms with E-state index in [0.29, 0.717) is 19.5 Å². The number of aromatic nitrogens is 1. The minimum absolute atomic E-state index is 0. The van der Waals surface area contributed by atoms with Crippen LogP contribution in [-0.4, -0.2) is 44.0 Å². The van der Waals surface area contributed by atoms with Crippen molar-refractivity contribution in [2.75, 3.05) is 23.0 Å². The molecule has 4 aromatic carbocycles. The number of nitrogens with zero attached hydrogens (tertiary/aromatic N) is 2. The van der Waals surface area contributed by atoms with E-state index < -0.39 is 31.7 Å². The van der Waals surface area contributed by atoms with E-state index in [0.717, 1.165) is 58.0 Å². The van der Waals surface area contributed by atoms with Crippen molar-refractivity contribution in [3.8, 4) is 0 Å². The second-order valence-corrected chi connectivity index (χ2v) is 16.1. The Balaban J connectivity index is 0.00000417. The summed E-state index contributed by atoms with van der Waals surface area (Å²) in [5.74, 6) is -0.875. The average molecular weight is 687 g/mol. The van der Waals surface area contributed by atoms with Crippen LogP contribution in [0.25, 0.3) is 37.8 Å². The summed E-state index contributed by atoms with van der Waals surface area (Å²) in [7, 11) is -8.69. The van der Waals surface area contributed by atoms with Crippen LogP contribution in [0.1, 0.15) is 31.2 Å². The maximum absolute atomic E-state index is 11.4. The van der Waals surface area contributed by atoms with Crippen LogP contribution in [0, 0.1) is 0 Å². The molecule has 46 heavy (non-hydrogen) atoms. The molecule has 6 rings (SSSR count). The van der Waals surface area contributed by atoms with Crippen LogP contribution in [0.15, 0.2) is 94.4 Å². The Morgan fingerprint density at radius 3 is 2.17 bits per heavy atom. The second kappa shape index (κ2) is 14.2. The summed E-state index contributed by atoms with van der Waals surface area (Å²) in [6.07, 6.45) is 5.32. The van der Waals surface area contributed by atoms with E-state index in [1.807, 2.05) is 36.4 Å². The van der Waals surface area contributed by atoms with E-state index in [-0.39, 0.29) is 31.7 Å². The molecule has 0 spiro atoms. The molecule has 8 nitrogen and oxygen atoms in total. The molecule has 13 heteroatoms. The Bertz CT molecular complexity index is 2210. The fraction of sp³-hybridized carbons (Fsp3) is 0.242. The monoisotopic (exact) mass is 686 g/mol. The molecule has 0 amide bonds. The molecule has 1 aliphatic rings. The molecule has 1 aromatic heterocycles. The zero-order chi connectivity index (χ0) is 31.8. The van der Waals surface area contributed by atoms with Crippen LogP contribution in [0.5, 0.6) is 0 Å². The van der Waals surface area contributed by atoms with E-state index >= 15 is 0 Å². The molecule has 0 fully saturated rings. The van der Waals surface area contributed by atoms with Gasteiger partial charge >= 0.3 is 18.9 Å². The summed E-state index contributed by atoms with van der Waals surface area (Å²) in [6, 6.07) is 24.4. The molecule has 5 aromatic rings. The third-order valence-electron chi connectivity index (χ3n) is 7.81. The molecule has 0 N–H and O–H groups in total. The molecule has 0 saturated carbocycles. The summed E-state index contributed by atoms with van der Waals surface area (Å²) in [5, 5.41) is 6.14. The number of hydrogen-bond donors (Lipinski definition) is 0. The maximum Gasteiger partial charge on any atom is 1.00 e. The van der Waals surface area contributed by atoms with Crippen LogP contribution in [0.3, 0.4) is 0 Å². The number of anilines is 1. The SMILES string of the molecule is CCC(=C/c1sc2ccc3ccccc3c2[n+]1CCCS(=O)(=O)[O-])/C=C1/Sc2ccc3ccccc3c2N1CCCS(=O)(=O)[O-].[Li+]. The second-order valence-electron chi connectivity index (χ2n) is 10.9. The Morgan fingerprint density at radius 2 is 1.48 bits per heavy atom. The van der Waals surface area contributed by atoms with Crippen LogP contribution < -0.4 is 28.3 Å². The normalized spacial score (nSPS) is 14.8. The first kappa shape index (κ1) is 34.7. The van der Waals surface area contributed by atoms with Crippen molar-refractivity contribution in [3.63, 3.8) is 0 Å². The first-order valence-corrected chi connectivity index (χ1v) is 19.4. The predicted molar refractivity (Wildman–Crippen MR) is 181 cm³/mol. The molecule has 0 radical (unpaired) electrons. The van der Waals surface area contributed by atoms with E-state index in [4.69, 9.17) is 0 Å². The quantitative estimate of drug-likeness (QED) is 0.117. The van der Waals surface area contributed by atoms with Gasteiger partial charge in [-0.2, -0.15) is 4.57 Å². The summed E-state index contributed by atoms with van der Waals surface area (Å²) in [4.78, 5) is 3.17. The van der Waals surface area contributed by atoms with Gasteiger partial charge in [0.1, 0.15) is 4.70 Å². The van der Waals surface area contributed by atoms with Crippen molar-refractivity contribution in [2.45, 2.75) is 37.6 Å². The number of fused-ring (bicyclic) bond motifs is 6. The Hall–Kier alpha value is -2.66. The van der Waals surface area contributed by atoms with Gasteiger partial charge in [0.15, 0.2) is 6.54 Å². The number of benzene rings is 4. The van der Waals surface area contributed by atoms with Crippen molar-refractivity contribution in [1.82, 2.24) is 0 Å². The fourth-order valence-corrected chi connectivity index (χ4v) is 9.10. The Morgan fingerprint density at radius 1 is 0.848 bits per heavy atom.